The van der Waals surface area contributed by atoms with Gasteiger partial charge in [-0.3, -0.25) is 14.2 Å². The summed E-state index contributed by atoms with van der Waals surface area (Å²) in [5.41, 5.74) is 0. The highest BCUT2D eigenvalue weighted by Gasteiger charge is 2.23. The molecular formula is C42H75N2O7P. The van der Waals surface area contributed by atoms with Gasteiger partial charge >= 0.3 is 0 Å². The summed E-state index contributed by atoms with van der Waals surface area (Å²) >= 11 is 0. The Morgan fingerprint density at radius 3 is 1.94 bits per heavy atom. The Labute approximate surface area is 317 Å². The maximum Gasteiger partial charge on any atom is 0.268 e. The van der Waals surface area contributed by atoms with E-state index in [0.29, 0.717) is 17.4 Å². The normalized spacial score (nSPS) is 15.1. The number of hydrogen-bond acceptors (Lipinski definition) is 7. The summed E-state index contributed by atoms with van der Waals surface area (Å²) in [7, 11) is 1.10. The Balaban J connectivity index is 4.74. The molecule has 2 N–H and O–H groups in total. The van der Waals surface area contributed by atoms with Gasteiger partial charge in [0.2, 0.25) is 5.91 Å². The van der Waals surface area contributed by atoms with Crippen LogP contribution in [0.4, 0.5) is 0 Å². The fraction of sp³-hybridized carbons (Fsp3) is 0.714. The summed E-state index contributed by atoms with van der Waals surface area (Å²) in [5.74, 6) is -0.490. The molecule has 0 radical (unpaired) electrons. The number of carbonyl (C=O) groups is 2. The first kappa shape index (κ1) is 49.9. The summed E-state index contributed by atoms with van der Waals surface area (Å²) < 4.78 is 23.0. The topological polar surface area (TPSA) is 125 Å². The largest absolute Gasteiger partial charge is 0.756 e. The van der Waals surface area contributed by atoms with Crippen LogP contribution in [-0.4, -0.2) is 74.3 Å². The number of carbonyl (C=O) groups excluding carboxylic acids is 2. The van der Waals surface area contributed by atoms with Gasteiger partial charge in [-0.1, -0.05) is 139 Å². The molecule has 0 fully saturated rings. The van der Waals surface area contributed by atoms with Crippen LogP contribution in [0.5, 0.6) is 0 Å². The zero-order chi connectivity index (χ0) is 38.8. The van der Waals surface area contributed by atoms with Gasteiger partial charge in [0.15, 0.2) is 5.78 Å². The molecule has 52 heavy (non-hydrogen) atoms. The van der Waals surface area contributed by atoms with Gasteiger partial charge in [-0.05, 0) is 51.0 Å². The smallest absolute Gasteiger partial charge is 0.268 e. The van der Waals surface area contributed by atoms with Crippen molar-refractivity contribution in [3.63, 3.8) is 0 Å². The third kappa shape index (κ3) is 34.9. The van der Waals surface area contributed by atoms with Crippen LogP contribution in [0.25, 0.3) is 0 Å². The summed E-state index contributed by atoms with van der Waals surface area (Å²) in [5, 5.41) is 13.6. The van der Waals surface area contributed by atoms with Crippen molar-refractivity contribution in [3.8, 4) is 0 Å². The zero-order valence-corrected chi connectivity index (χ0v) is 34.4. The molecule has 0 aliphatic carbocycles. The number of phosphoric ester groups is 1. The number of nitrogens with one attached hydrogen (secondary N) is 1. The average Bonchev–Trinajstić information content (AvgIpc) is 3.08. The predicted molar refractivity (Wildman–Crippen MR) is 215 cm³/mol. The number of aliphatic hydroxyl groups excluding tert-OH is 1. The first-order valence-corrected chi connectivity index (χ1v) is 21.6. The molecule has 1 amide bonds. The highest BCUT2D eigenvalue weighted by molar-refractivity contribution is 7.45. The molecule has 0 spiro atoms. The molecule has 0 saturated carbocycles. The molecule has 10 heteroatoms. The molecule has 0 aromatic rings. The lowest BCUT2D eigenvalue weighted by molar-refractivity contribution is -0.870. The molecule has 0 aromatic carbocycles. The highest BCUT2D eigenvalue weighted by atomic mass is 31.2. The van der Waals surface area contributed by atoms with Gasteiger partial charge in [0.1, 0.15) is 13.2 Å². The maximum absolute atomic E-state index is 12.8. The highest BCUT2D eigenvalue weighted by Crippen LogP contribution is 2.38. The van der Waals surface area contributed by atoms with Gasteiger partial charge in [0.05, 0.1) is 39.9 Å². The Hall–Kier alpha value is -2.13. The van der Waals surface area contributed by atoms with Crippen LogP contribution in [0, 0.1) is 0 Å². The van der Waals surface area contributed by atoms with Crippen LogP contribution < -0.4 is 10.2 Å². The number of ketones is 1. The Kier molecular flexibility index (Phi) is 32.1. The van der Waals surface area contributed by atoms with E-state index in [0.717, 1.165) is 38.5 Å². The minimum absolute atomic E-state index is 0.0466. The van der Waals surface area contributed by atoms with Gasteiger partial charge in [-0.25, -0.2) is 0 Å². The summed E-state index contributed by atoms with van der Waals surface area (Å²) in [4.78, 5) is 37.5. The van der Waals surface area contributed by atoms with Crippen LogP contribution in [0.3, 0.4) is 0 Å². The van der Waals surface area contributed by atoms with Crippen molar-refractivity contribution >= 4 is 19.5 Å². The molecule has 0 aromatic heterocycles. The molecule has 1 unspecified atom stereocenters. The van der Waals surface area contributed by atoms with Gasteiger partial charge in [0, 0.05) is 12.8 Å². The number of hydrogen-bond donors (Lipinski definition) is 2. The van der Waals surface area contributed by atoms with E-state index in [1.165, 1.54) is 76.7 Å². The number of amides is 1. The second-order valence-corrected chi connectivity index (χ2v) is 16.1. The Bertz CT molecular complexity index is 1090. The van der Waals surface area contributed by atoms with E-state index >= 15 is 0 Å². The first-order valence-electron chi connectivity index (χ1n) is 20.1. The molecule has 0 saturated heterocycles. The molecule has 0 rings (SSSR count). The lowest BCUT2D eigenvalue weighted by atomic mass is 10.1. The maximum atomic E-state index is 12.8. The van der Waals surface area contributed by atoms with Crippen molar-refractivity contribution in [2.75, 3.05) is 40.9 Å². The fourth-order valence-electron chi connectivity index (χ4n) is 5.16. The lowest BCUT2D eigenvalue weighted by Crippen LogP contribution is -2.45. The molecule has 300 valence electrons. The summed E-state index contributed by atoms with van der Waals surface area (Å²) in [6.07, 6.45) is 38.3. The van der Waals surface area contributed by atoms with Crippen LogP contribution in [0.15, 0.2) is 60.8 Å². The van der Waals surface area contributed by atoms with Crippen molar-refractivity contribution in [3.05, 3.63) is 60.8 Å². The van der Waals surface area contributed by atoms with Crippen LogP contribution in [-0.2, 0) is 23.2 Å². The molecule has 0 aliphatic heterocycles. The van der Waals surface area contributed by atoms with Crippen molar-refractivity contribution in [1.82, 2.24) is 5.32 Å². The Morgan fingerprint density at radius 2 is 1.29 bits per heavy atom. The van der Waals surface area contributed by atoms with E-state index in [1.54, 1.807) is 12.2 Å². The molecule has 9 nitrogen and oxygen atoms in total. The average molecular weight is 751 g/mol. The number of phosphoric acid groups is 1. The number of quaternary nitrogens is 1. The minimum atomic E-state index is -4.65. The lowest BCUT2D eigenvalue weighted by Gasteiger charge is -2.29. The second-order valence-electron chi connectivity index (χ2n) is 14.7. The van der Waals surface area contributed by atoms with Crippen molar-refractivity contribution in [2.45, 2.75) is 154 Å². The number of likely N-dealkylation sites (N-methyl/N-ethyl adjacent to an activating group) is 1. The van der Waals surface area contributed by atoms with E-state index in [2.05, 4.69) is 43.5 Å². The molecule has 0 heterocycles. The second kappa shape index (κ2) is 33.4. The van der Waals surface area contributed by atoms with Crippen molar-refractivity contribution in [2.24, 2.45) is 0 Å². The number of aliphatic hydroxyl groups is 1. The zero-order valence-electron chi connectivity index (χ0n) is 33.5. The van der Waals surface area contributed by atoms with E-state index in [1.807, 2.05) is 39.4 Å². The monoisotopic (exact) mass is 751 g/mol. The molecule has 3 atom stereocenters. The summed E-state index contributed by atoms with van der Waals surface area (Å²) in [6, 6.07) is -1.00. The van der Waals surface area contributed by atoms with Crippen LogP contribution >= 0.6 is 7.82 Å². The van der Waals surface area contributed by atoms with E-state index < -0.39 is 32.5 Å². The van der Waals surface area contributed by atoms with Crippen LogP contribution in [0.1, 0.15) is 142 Å². The minimum Gasteiger partial charge on any atom is -0.756 e. The van der Waals surface area contributed by atoms with Gasteiger partial charge in [-0.15, -0.1) is 0 Å². The SMILES string of the molecule is CCCCC/C=C\C/C=C\C/C=C\C=C\C(=O)CCCC(=O)N[C@@H](COP(=O)([O-])OCC[N+](C)(C)C)[C@H](O)/C=C/CCCCCCCCCCCC. The van der Waals surface area contributed by atoms with E-state index in [9.17, 15) is 24.2 Å². The number of nitrogens with zero attached hydrogens (tertiary/aromatic N) is 1. The van der Waals surface area contributed by atoms with Gasteiger partial charge in [-0.2, -0.15) is 0 Å². The number of unbranched alkanes of at least 4 members (excludes halogenated alkanes) is 13. The molecule has 0 bridgehead atoms. The van der Waals surface area contributed by atoms with Crippen molar-refractivity contribution in [1.29, 1.82) is 0 Å². The Morgan fingerprint density at radius 1 is 0.731 bits per heavy atom. The molecular weight excluding hydrogens is 675 g/mol. The van der Waals surface area contributed by atoms with Gasteiger partial charge < -0.3 is 28.8 Å². The third-order valence-electron chi connectivity index (χ3n) is 8.45. The number of allylic oxidation sites excluding steroid dienone is 9. The van der Waals surface area contributed by atoms with Gasteiger partial charge in [0.25, 0.3) is 7.82 Å². The molecule has 0 aliphatic rings. The standard InChI is InChI=1S/C42H75N2O7P/c1-6-8-10-12-14-16-18-20-21-23-25-27-29-32-39(45)33-31-35-42(47)43-40(38-51-52(48,49)50-37-36-44(3,4)5)41(46)34-30-28-26-24-22-19-17-15-13-11-9-7-2/h14,16,20-21,25,27,29-30,32,34,40-41,46H,6-13,15,17-19,22-24,26,28,31,33,35-38H2,1-5H3,(H-,43,47,48,49)/b16-14-,21-20-,27-25-,32-29+,34-30+/t40-,41+/m0/s1. The van der Waals surface area contributed by atoms with E-state index in [4.69, 9.17) is 9.05 Å². The van der Waals surface area contributed by atoms with Crippen molar-refractivity contribution < 1.29 is 37.7 Å². The predicted octanol–water partition coefficient (Wildman–Crippen LogP) is 9.23. The first-order chi connectivity index (χ1) is 24.9. The third-order valence-corrected chi connectivity index (χ3v) is 9.41. The quantitative estimate of drug-likeness (QED) is 0.0165. The fourth-order valence-corrected chi connectivity index (χ4v) is 5.88. The van der Waals surface area contributed by atoms with E-state index in [-0.39, 0.29) is 25.2 Å². The summed E-state index contributed by atoms with van der Waals surface area (Å²) in [6.45, 7) is 4.38. The van der Waals surface area contributed by atoms with Crippen LogP contribution in [0.2, 0.25) is 0 Å². The number of rotatable bonds is 35.